The summed E-state index contributed by atoms with van der Waals surface area (Å²) < 4.78 is 34.4. The van der Waals surface area contributed by atoms with Crippen molar-refractivity contribution in [3.05, 3.63) is 24.3 Å². The van der Waals surface area contributed by atoms with E-state index in [0.29, 0.717) is 38.3 Å². The summed E-state index contributed by atoms with van der Waals surface area (Å²) in [4.78, 5) is 3.87. The van der Waals surface area contributed by atoms with E-state index in [4.69, 9.17) is 10.00 Å². The molecule has 0 radical (unpaired) electrons. The lowest BCUT2D eigenvalue weighted by Gasteiger charge is -2.29. The van der Waals surface area contributed by atoms with Gasteiger partial charge in [-0.2, -0.15) is 18.0 Å². The van der Waals surface area contributed by atoms with Gasteiger partial charge in [-0.25, -0.2) is 0 Å². The number of nitrogens with zero attached hydrogens (tertiary/aromatic N) is 5. The van der Waals surface area contributed by atoms with E-state index in [0.717, 1.165) is 32.0 Å². The first kappa shape index (κ1) is 17.4. The van der Waals surface area contributed by atoms with Crippen LogP contribution in [-0.4, -0.2) is 76.1 Å². The normalized spacial score (nSPS) is 26.3. The highest BCUT2D eigenvalue weighted by atomic mass is 32.2. The number of benzene rings is 1. The summed E-state index contributed by atoms with van der Waals surface area (Å²) in [6.07, 6.45) is 2.81. The number of hydrogen-bond donors (Lipinski definition) is 0. The van der Waals surface area contributed by atoms with Gasteiger partial charge in [-0.1, -0.05) is 0 Å². The molecular weight excluding hydrogens is 354 g/mol. The van der Waals surface area contributed by atoms with Gasteiger partial charge in [0.25, 0.3) is 0 Å². The maximum Gasteiger partial charge on any atom is 0.304 e. The minimum absolute atomic E-state index is 0.114. The van der Waals surface area contributed by atoms with Gasteiger partial charge in [0, 0.05) is 51.0 Å². The second-order valence-electron chi connectivity index (χ2n) is 6.79. The van der Waals surface area contributed by atoms with Gasteiger partial charge in [0.15, 0.2) is 6.19 Å². The molecule has 0 saturated carbocycles. The number of ether oxygens (including phenoxy) is 1. The van der Waals surface area contributed by atoms with Crippen LogP contribution in [0.4, 0.5) is 11.4 Å². The first-order valence-electron chi connectivity index (χ1n) is 8.96. The molecule has 0 aromatic heterocycles. The number of morpholine rings is 1. The number of likely N-dealkylation sites (tertiary alicyclic amines) is 1. The molecule has 0 N–H and O–H groups in total. The monoisotopic (exact) mass is 377 g/mol. The van der Waals surface area contributed by atoms with E-state index < -0.39 is 10.2 Å². The van der Waals surface area contributed by atoms with E-state index in [1.807, 2.05) is 24.3 Å². The Morgan fingerprint density at radius 3 is 2.35 bits per heavy atom. The molecule has 9 heteroatoms. The molecule has 8 nitrogen and oxygen atoms in total. The lowest BCUT2D eigenvalue weighted by atomic mass is 10.2. The van der Waals surface area contributed by atoms with Crippen LogP contribution in [0.25, 0.3) is 0 Å². The van der Waals surface area contributed by atoms with Gasteiger partial charge in [0.1, 0.15) is 0 Å². The van der Waals surface area contributed by atoms with Gasteiger partial charge in [0.05, 0.1) is 18.9 Å². The molecule has 0 bridgehead atoms. The third kappa shape index (κ3) is 3.09. The Morgan fingerprint density at radius 1 is 1.00 bits per heavy atom. The Bertz CT molecular complexity index is 786. The highest BCUT2D eigenvalue weighted by Crippen LogP contribution is 2.30. The van der Waals surface area contributed by atoms with Crippen LogP contribution in [0.3, 0.4) is 0 Å². The van der Waals surface area contributed by atoms with Crippen molar-refractivity contribution in [2.75, 3.05) is 61.7 Å². The lowest BCUT2D eigenvalue weighted by Crippen LogP contribution is -2.41. The van der Waals surface area contributed by atoms with Crippen molar-refractivity contribution in [3.63, 3.8) is 0 Å². The topological polar surface area (TPSA) is 80.1 Å². The summed E-state index contributed by atoms with van der Waals surface area (Å²) in [5, 5.41) is 9.01. The van der Waals surface area contributed by atoms with E-state index in [1.165, 1.54) is 4.31 Å². The number of anilines is 2. The second-order valence-corrected chi connectivity index (χ2v) is 8.60. The fourth-order valence-electron chi connectivity index (χ4n) is 3.90. The van der Waals surface area contributed by atoms with Crippen LogP contribution in [0, 0.1) is 11.5 Å². The molecule has 0 aliphatic carbocycles. The number of hydrogen-bond acceptors (Lipinski definition) is 6. The van der Waals surface area contributed by atoms with Crippen LogP contribution in [0.2, 0.25) is 0 Å². The first-order valence-corrected chi connectivity index (χ1v) is 10.4. The van der Waals surface area contributed by atoms with Crippen molar-refractivity contribution in [1.29, 1.82) is 5.26 Å². The maximum absolute atomic E-state index is 13.0. The molecule has 3 saturated heterocycles. The summed E-state index contributed by atoms with van der Waals surface area (Å²) in [6.45, 7) is 5.18. The predicted octanol–water partition coefficient (Wildman–Crippen LogP) is 0.445. The zero-order valence-corrected chi connectivity index (χ0v) is 15.4. The molecule has 140 valence electrons. The average molecular weight is 377 g/mol. The van der Waals surface area contributed by atoms with Crippen LogP contribution in [0.15, 0.2) is 24.3 Å². The molecule has 3 fully saturated rings. The highest BCUT2D eigenvalue weighted by Gasteiger charge is 2.43. The van der Waals surface area contributed by atoms with Crippen molar-refractivity contribution in [1.82, 2.24) is 9.21 Å². The van der Waals surface area contributed by atoms with Gasteiger partial charge in [-0.05, 0) is 30.7 Å². The summed E-state index contributed by atoms with van der Waals surface area (Å²) in [5.41, 5.74) is 1.78. The molecule has 26 heavy (non-hydrogen) atoms. The van der Waals surface area contributed by atoms with Gasteiger partial charge in [-0.15, -0.1) is 0 Å². The third-order valence-electron chi connectivity index (χ3n) is 5.32. The largest absolute Gasteiger partial charge is 0.378 e. The van der Waals surface area contributed by atoms with Crippen molar-refractivity contribution < 1.29 is 13.2 Å². The van der Waals surface area contributed by atoms with Crippen molar-refractivity contribution >= 4 is 21.6 Å². The van der Waals surface area contributed by atoms with Gasteiger partial charge in [-0.3, -0.25) is 4.31 Å². The fourth-order valence-corrected chi connectivity index (χ4v) is 5.71. The number of nitriles is 1. The van der Waals surface area contributed by atoms with E-state index in [2.05, 4.69) is 11.1 Å². The van der Waals surface area contributed by atoms with Crippen molar-refractivity contribution in [2.24, 2.45) is 0 Å². The smallest absolute Gasteiger partial charge is 0.304 e. The van der Waals surface area contributed by atoms with E-state index in [1.54, 1.807) is 9.21 Å². The minimum atomic E-state index is -3.54. The molecule has 0 spiro atoms. The lowest BCUT2D eigenvalue weighted by molar-refractivity contribution is 0.122. The first-order chi connectivity index (χ1) is 12.6. The number of rotatable bonds is 3. The van der Waals surface area contributed by atoms with Crippen LogP contribution in [0.1, 0.15) is 6.42 Å². The Hall–Kier alpha value is -2.02. The molecule has 1 atom stereocenters. The average Bonchev–Trinajstić information content (AvgIpc) is 3.26. The zero-order valence-electron chi connectivity index (χ0n) is 14.6. The molecule has 4 rings (SSSR count). The van der Waals surface area contributed by atoms with Crippen LogP contribution < -0.4 is 9.21 Å². The SMILES string of the molecule is N#CN1CC[C@@H](N2CCN(c3ccc(N4CCOCC4)cc3)S2(=O)=O)C1. The van der Waals surface area contributed by atoms with Crippen molar-refractivity contribution in [3.8, 4) is 6.19 Å². The molecule has 3 aliphatic rings. The predicted molar refractivity (Wildman–Crippen MR) is 98.0 cm³/mol. The zero-order chi connectivity index (χ0) is 18.1. The maximum atomic E-state index is 13.0. The van der Waals surface area contributed by atoms with E-state index in [9.17, 15) is 8.42 Å². The molecule has 0 amide bonds. The second kappa shape index (κ2) is 6.95. The quantitative estimate of drug-likeness (QED) is 0.712. The van der Waals surface area contributed by atoms with Gasteiger partial charge < -0.3 is 14.5 Å². The molecular formula is C17H23N5O3S. The molecule has 3 aliphatic heterocycles. The Balaban J connectivity index is 1.49. The Kier molecular flexibility index (Phi) is 4.65. The van der Waals surface area contributed by atoms with Crippen LogP contribution >= 0.6 is 0 Å². The van der Waals surface area contributed by atoms with Crippen LogP contribution in [-0.2, 0) is 14.9 Å². The van der Waals surface area contributed by atoms with Crippen LogP contribution in [0.5, 0.6) is 0 Å². The Labute approximate surface area is 154 Å². The molecule has 1 aromatic rings. The molecule has 1 aromatic carbocycles. The fraction of sp³-hybridized carbons (Fsp3) is 0.588. The summed E-state index contributed by atoms with van der Waals surface area (Å²) in [6, 6.07) is 7.60. The van der Waals surface area contributed by atoms with Crippen molar-refractivity contribution in [2.45, 2.75) is 12.5 Å². The Morgan fingerprint density at radius 2 is 1.69 bits per heavy atom. The molecule has 0 unspecified atom stereocenters. The summed E-state index contributed by atoms with van der Waals surface area (Å²) in [7, 11) is -3.54. The standard InChI is InChI=1S/C17H23N5O3S/c18-14-19-6-5-17(13-19)22-8-7-21(26(22,23)24)16-3-1-15(2-4-16)20-9-11-25-12-10-20/h1-4,17H,5-13H2/t17-/m1/s1. The summed E-state index contributed by atoms with van der Waals surface area (Å²) >= 11 is 0. The minimum Gasteiger partial charge on any atom is -0.378 e. The van der Waals surface area contributed by atoms with E-state index in [-0.39, 0.29) is 6.04 Å². The summed E-state index contributed by atoms with van der Waals surface area (Å²) in [5.74, 6) is 0. The van der Waals surface area contributed by atoms with E-state index >= 15 is 0 Å². The molecule has 3 heterocycles. The third-order valence-corrected chi connectivity index (χ3v) is 7.35. The van der Waals surface area contributed by atoms with Gasteiger partial charge >= 0.3 is 10.2 Å². The highest BCUT2D eigenvalue weighted by molar-refractivity contribution is 7.90. The van der Waals surface area contributed by atoms with Gasteiger partial charge in [0.2, 0.25) is 0 Å².